The van der Waals surface area contributed by atoms with Crippen molar-refractivity contribution in [3.63, 3.8) is 0 Å². The van der Waals surface area contributed by atoms with Crippen LogP contribution in [0, 0.1) is 5.92 Å². The van der Waals surface area contributed by atoms with Gasteiger partial charge in [-0.2, -0.15) is 0 Å². The molecule has 2 bridgehead atoms. The van der Waals surface area contributed by atoms with Crippen LogP contribution in [0.2, 0.25) is 0 Å². The maximum absolute atomic E-state index is 13.5. The fraction of sp³-hybridized carbons (Fsp3) is 0.367. The Bertz CT molecular complexity index is 1320. The molecule has 2 aromatic carbocycles. The first-order chi connectivity index (χ1) is 17.9. The van der Waals surface area contributed by atoms with Crippen LogP contribution in [-0.2, 0) is 17.8 Å². The van der Waals surface area contributed by atoms with Gasteiger partial charge in [0.05, 0.1) is 0 Å². The van der Waals surface area contributed by atoms with Crippen LogP contribution in [-0.4, -0.2) is 40.5 Å². The summed E-state index contributed by atoms with van der Waals surface area (Å²) in [6.45, 7) is 5.98. The molecule has 192 valence electrons. The number of hydrogen-bond donors (Lipinski definition) is 2. The number of amides is 3. The lowest BCUT2D eigenvalue weighted by atomic mass is 9.83. The molecule has 2 aliphatic heterocycles. The summed E-state index contributed by atoms with van der Waals surface area (Å²) in [5.41, 5.74) is 3.89. The fourth-order valence-electron chi connectivity index (χ4n) is 5.54. The monoisotopic (exact) mass is 498 g/mol. The lowest BCUT2D eigenvalue weighted by Gasteiger charge is -2.43. The molecule has 7 heteroatoms. The molecular formula is C30H34N4O3. The minimum atomic E-state index is -0.726. The maximum atomic E-state index is 13.5. The van der Waals surface area contributed by atoms with Crippen molar-refractivity contribution in [3.05, 3.63) is 100.0 Å². The summed E-state index contributed by atoms with van der Waals surface area (Å²) < 4.78 is 1.85. The van der Waals surface area contributed by atoms with E-state index in [4.69, 9.17) is 0 Å². The Morgan fingerprint density at radius 1 is 0.919 bits per heavy atom. The summed E-state index contributed by atoms with van der Waals surface area (Å²) in [4.78, 5) is 41.0. The third-order valence-electron chi connectivity index (χ3n) is 7.51. The molecule has 1 aromatic heterocycles. The highest BCUT2D eigenvalue weighted by molar-refractivity contribution is 5.97. The van der Waals surface area contributed by atoms with Gasteiger partial charge in [-0.25, -0.2) is 4.79 Å². The number of pyridine rings is 1. The Hall–Kier alpha value is -3.87. The van der Waals surface area contributed by atoms with Crippen LogP contribution in [0.15, 0.2) is 77.6 Å². The molecule has 5 rings (SSSR count). The molecule has 0 saturated carbocycles. The van der Waals surface area contributed by atoms with E-state index in [9.17, 15) is 14.4 Å². The zero-order valence-electron chi connectivity index (χ0n) is 21.4. The van der Waals surface area contributed by atoms with Gasteiger partial charge in [-0.1, -0.05) is 62.4 Å². The Morgan fingerprint density at radius 3 is 2.41 bits per heavy atom. The van der Waals surface area contributed by atoms with Crippen LogP contribution in [0.4, 0.5) is 10.5 Å². The van der Waals surface area contributed by atoms with Gasteiger partial charge in [-0.3, -0.25) is 9.59 Å². The number of anilines is 1. The van der Waals surface area contributed by atoms with Gasteiger partial charge >= 0.3 is 6.03 Å². The second kappa shape index (κ2) is 10.6. The maximum Gasteiger partial charge on any atom is 0.318 e. The molecule has 1 saturated heterocycles. The highest BCUT2D eigenvalue weighted by Gasteiger charge is 2.37. The first-order valence-electron chi connectivity index (χ1n) is 13.1. The smallest absolute Gasteiger partial charge is 0.318 e. The predicted molar refractivity (Wildman–Crippen MR) is 145 cm³/mol. The molecule has 3 aromatic rings. The first-order valence-corrected chi connectivity index (χ1v) is 13.1. The van der Waals surface area contributed by atoms with E-state index in [-0.39, 0.29) is 29.3 Å². The molecule has 0 unspecified atom stereocenters. The van der Waals surface area contributed by atoms with E-state index >= 15 is 0 Å². The Balaban J connectivity index is 1.31. The molecule has 3 atom stereocenters. The molecule has 0 radical (unpaired) electrons. The number of nitrogens with one attached hydrogen (secondary N) is 2. The van der Waals surface area contributed by atoms with Gasteiger partial charge in [0.1, 0.15) is 6.04 Å². The highest BCUT2D eigenvalue weighted by atomic mass is 16.2. The second-order valence-corrected chi connectivity index (χ2v) is 10.6. The van der Waals surface area contributed by atoms with Gasteiger partial charge in [0.15, 0.2) is 0 Å². The van der Waals surface area contributed by atoms with E-state index in [1.807, 2.05) is 70.1 Å². The average Bonchev–Trinajstić information content (AvgIpc) is 2.89. The largest absolute Gasteiger partial charge is 0.326 e. The van der Waals surface area contributed by atoms with Crippen molar-refractivity contribution in [3.8, 4) is 0 Å². The van der Waals surface area contributed by atoms with Gasteiger partial charge in [-0.05, 0) is 47.6 Å². The third kappa shape index (κ3) is 5.61. The van der Waals surface area contributed by atoms with Crippen molar-refractivity contribution in [2.75, 3.05) is 18.4 Å². The molecule has 0 spiro atoms. The van der Waals surface area contributed by atoms with Crippen LogP contribution in [0.25, 0.3) is 0 Å². The average molecular weight is 499 g/mol. The molecule has 2 N–H and O–H groups in total. The Morgan fingerprint density at radius 2 is 1.68 bits per heavy atom. The summed E-state index contributed by atoms with van der Waals surface area (Å²) in [6, 6.07) is 22.0. The van der Waals surface area contributed by atoms with Crippen LogP contribution < -0.4 is 16.2 Å². The lowest BCUT2D eigenvalue weighted by molar-refractivity contribution is -0.118. The third-order valence-corrected chi connectivity index (χ3v) is 7.51. The van der Waals surface area contributed by atoms with Crippen LogP contribution in [0.5, 0.6) is 0 Å². The number of fused-ring (bicyclic) bond motifs is 4. The van der Waals surface area contributed by atoms with E-state index < -0.39 is 6.04 Å². The van der Waals surface area contributed by atoms with E-state index in [0.29, 0.717) is 37.7 Å². The lowest BCUT2D eigenvalue weighted by Crippen LogP contribution is -2.55. The Kier molecular flexibility index (Phi) is 7.12. The predicted octanol–water partition coefficient (Wildman–Crippen LogP) is 4.35. The SMILES string of the molecule is CC(C)c1ccc(NC(=O)[C@H](Cc2ccccc2)NC(=O)N2C[C@H]3C[C@@H](C2)c2cccc(=O)n2C3)cc1. The van der Waals surface area contributed by atoms with Crippen molar-refractivity contribution in [1.29, 1.82) is 0 Å². The first kappa shape index (κ1) is 24.8. The molecule has 7 nitrogen and oxygen atoms in total. The normalized spacial score (nSPS) is 19.2. The number of urea groups is 1. The minimum absolute atomic E-state index is 0.0196. The second-order valence-electron chi connectivity index (χ2n) is 10.6. The van der Waals surface area contributed by atoms with Gasteiger partial charge in [0.25, 0.3) is 5.56 Å². The summed E-state index contributed by atoms with van der Waals surface area (Å²) in [7, 11) is 0. The fourth-order valence-corrected chi connectivity index (χ4v) is 5.54. The number of benzene rings is 2. The van der Waals surface area contributed by atoms with Crippen LogP contribution >= 0.6 is 0 Å². The quantitative estimate of drug-likeness (QED) is 0.530. The minimum Gasteiger partial charge on any atom is -0.326 e. The molecular weight excluding hydrogens is 464 g/mol. The number of piperidine rings is 1. The van der Waals surface area contributed by atoms with Gasteiger partial charge in [0.2, 0.25) is 5.91 Å². The van der Waals surface area contributed by atoms with Crippen molar-refractivity contribution in [2.45, 2.75) is 51.1 Å². The van der Waals surface area contributed by atoms with Gasteiger partial charge < -0.3 is 20.1 Å². The highest BCUT2D eigenvalue weighted by Crippen LogP contribution is 2.35. The molecule has 2 aliphatic rings. The zero-order valence-corrected chi connectivity index (χ0v) is 21.4. The molecule has 3 heterocycles. The molecule has 1 fully saturated rings. The Labute approximate surface area is 217 Å². The number of nitrogens with zero attached hydrogens (tertiary/aromatic N) is 2. The van der Waals surface area contributed by atoms with Crippen LogP contribution in [0.1, 0.15) is 48.9 Å². The van der Waals surface area contributed by atoms with Crippen molar-refractivity contribution in [1.82, 2.24) is 14.8 Å². The number of hydrogen-bond acceptors (Lipinski definition) is 3. The number of carbonyl (C=O) groups excluding carboxylic acids is 2. The van der Waals surface area contributed by atoms with Crippen molar-refractivity contribution < 1.29 is 9.59 Å². The van der Waals surface area contributed by atoms with Gasteiger partial charge in [-0.15, -0.1) is 0 Å². The standard InChI is InChI=1S/C30H34N4O3/c1-20(2)23-11-13-25(14-12-23)31-29(36)26(16-21-7-4-3-5-8-21)32-30(37)33-17-22-15-24(19-33)27-9-6-10-28(35)34(27)18-22/h3-14,20,22,24,26H,15-19H2,1-2H3,(H,31,36)(H,32,37)/t22-,24+,26+/m1/s1. The van der Waals surface area contributed by atoms with E-state index in [2.05, 4.69) is 24.5 Å². The number of carbonyl (C=O) groups is 2. The zero-order chi connectivity index (χ0) is 25.9. The summed E-state index contributed by atoms with van der Waals surface area (Å²) in [5, 5.41) is 6.00. The number of aromatic nitrogens is 1. The number of rotatable bonds is 6. The number of likely N-dealkylation sites (tertiary alicyclic amines) is 1. The van der Waals surface area contributed by atoms with Crippen molar-refractivity contribution >= 4 is 17.6 Å². The van der Waals surface area contributed by atoms with Gasteiger partial charge in [0, 0.05) is 49.4 Å². The molecule has 0 aliphatic carbocycles. The molecule has 37 heavy (non-hydrogen) atoms. The summed E-state index contributed by atoms with van der Waals surface area (Å²) >= 11 is 0. The topological polar surface area (TPSA) is 83.4 Å². The summed E-state index contributed by atoms with van der Waals surface area (Å²) in [6.07, 6.45) is 1.36. The van der Waals surface area contributed by atoms with E-state index in [1.165, 1.54) is 5.56 Å². The van der Waals surface area contributed by atoms with E-state index in [1.54, 1.807) is 12.1 Å². The van der Waals surface area contributed by atoms with Crippen molar-refractivity contribution in [2.24, 2.45) is 5.92 Å². The van der Waals surface area contributed by atoms with E-state index in [0.717, 1.165) is 17.7 Å². The molecule has 3 amide bonds. The van der Waals surface area contributed by atoms with Crippen LogP contribution in [0.3, 0.4) is 0 Å². The summed E-state index contributed by atoms with van der Waals surface area (Å²) in [5.74, 6) is 0.499.